The van der Waals surface area contributed by atoms with Gasteiger partial charge in [-0.05, 0) is 6.92 Å². The molecule has 0 aromatic carbocycles. The van der Waals surface area contributed by atoms with E-state index in [0.717, 1.165) is 0 Å². The van der Waals surface area contributed by atoms with Gasteiger partial charge < -0.3 is 0 Å². The van der Waals surface area contributed by atoms with Gasteiger partial charge in [0.1, 0.15) is 0 Å². The van der Waals surface area contributed by atoms with E-state index < -0.39 is 0 Å². The molecule has 1 heteroatoms. The van der Waals surface area contributed by atoms with Crippen molar-refractivity contribution in [2.45, 2.75) is 13.3 Å². The lowest BCUT2D eigenvalue weighted by molar-refractivity contribution is -0.114. The zero-order valence-electron chi connectivity index (χ0n) is 4.53. The lowest BCUT2D eigenvalue weighted by Crippen LogP contribution is -1.93. The lowest BCUT2D eigenvalue weighted by Gasteiger charge is -1.77. The van der Waals surface area contributed by atoms with Gasteiger partial charge in [0.2, 0.25) is 0 Å². The predicted octanol–water partition coefficient (Wildman–Crippen LogP) is 1.36. The molecule has 38 valence electrons. The summed E-state index contributed by atoms with van der Waals surface area (Å²) in [6.07, 6.45) is 0.516. The van der Waals surface area contributed by atoms with Crippen LogP contribution in [0, 0.1) is 6.92 Å². The number of rotatable bonds is 2. The zero-order chi connectivity index (χ0) is 5.86. The monoisotopic (exact) mass is 97.1 g/mol. The largest absolute Gasteiger partial charge is 0.267 e. The Balaban J connectivity index is 3.58. The fraction of sp³-hybridized carbons (Fsp3) is 0.333. The lowest BCUT2D eigenvalue weighted by atomic mass is 10.2. The van der Waals surface area contributed by atoms with Crippen LogP contribution in [-0.2, 0) is 4.79 Å². The van der Waals surface area contributed by atoms with Crippen molar-refractivity contribution in [3.05, 3.63) is 19.1 Å². The third-order valence-electron chi connectivity index (χ3n) is 0.715. The summed E-state index contributed by atoms with van der Waals surface area (Å²) in [5.41, 5.74) is 0.405. The number of carbonyl (C=O) groups is 1. The van der Waals surface area contributed by atoms with Crippen molar-refractivity contribution in [1.82, 2.24) is 0 Å². The molecule has 0 bridgehead atoms. The topological polar surface area (TPSA) is 17.1 Å². The van der Waals surface area contributed by atoms with E-state index >= 15 is 0 Å². The Hall–Kier alpha value is -0.720. The van der Waals surface area contributed by atoms with E-state index in [-0.39, 0.29) is 5.78 Å². The maximum Gasteiger partial charge on any atom is 0.267 e. The Morgan fingerprint density at radius 3 is 2.29 bits per heavy atom. The standard InChI is InChI=1S/C6H9O/c1-4-6(7)5(2)3/h2-4H2,1H3/q+1. The summed E-state index contributed by atoms with van der Waals surface area (Å²) in [5, 5.41) is 0. The third-order valence-corrected chi connectivity index (χ3v) is 0.715. The van der Waals surface area contributed by atoms with Crippen LogP contribution in [-0.4, -0.2) is 5.78 Å². The SMILES string of the molecule is C=C([CH2+])C(=O)CC. The minimum atomic E-state index is 0.0417. The van der Waals surface area contributed by atoms with E-state index in [4.69, 9.17) is 0 Å². The molecular formula is C6H9O+. The molecule has 0 unspecified atom stereocenters. The molecule has 0 saturated carbocycles. The normalized spacial score (nSPS) is 8.14. The van der Waals surface area contributed by atoms with Gasteiger partial charge in [0.15, 0.2) is 5.57 Å². The van der Waals surface area contributed by atoms with Crippen molar-refractivity contribution >= 4 is 5.78 Å². The first-order valence-corrected chi connectivity index (χ1v) is 2.22. The van der Waals surface area contributed by atoms with E-state index in [2.05, 4.69) is 13.5 Å². The van der Waals surface area contributed by atoms with Crippen molar-refractivity contribution in [2.24, 2.45) is 0 Å². The maximum absolute atomic E-state index is 10.3. The van der Waals surface area contributed by atoms with E-state index in [1.54, 1.807) is 6.92 Å². The molecule has 0 rings (SSSR count). The predicted molar refractivity (Wildman–Crippen MR) is 29.8 cm³/mol. The highest BCUT2D eigenvalue weighted by molar-refractivity contribution is 5.95. The molecule has 1 nitrogen and oxygen atoms in total. The van der Waals surface area contributed by atoms with Crippen molar-refractivity contribution in [1.29, 1.82) is 0 Å². The van der Waals surface area contributed by atoms with E-state index in [9.17, 15) is 4.79 Å². The van der Waals surface area contributed by atoms with E-state index in [1.165, 1.54) is 0 Å². The van der Waals surface area contributed by atoms with E-state index in [1.807, 2.05) is 0 Å². The summed E-state index contributed by atoms with van der Waals surface area (Å²) in [6.45, 7) is 8.52. The van der Waals surface area contributed by atoms with Gasteiger partial charge in [-0.3, -0.25) is 0 Å². The average Bonchev–Trinajstić information content (AvgIpc) is 1.65. The Labute approximate surface area is 44.0 Å². The number of Topliss-reactive ketones (excluding diaryl/α,β-unsaturated/α-hetero) is 1. The second-order valence-corrected chi connectivity index (χ2v) is 1.38. The molecular weight excluding hydrogens is 88.1 g/mol. The fourth-order valence-corrected chi connectivity index (χ4v) is 0.250. The van der Waals surface area contributed by atoms with Crippen LogP contribution in [0.3, 0.4) is 0 Å². The molecule has 0 amide bonds. The number of hydrogen-bond donors (Lipinski definition) is 0. The summed E-state index contributed by atoms with van der Waals surface area (Å²) in [7, 11) is 0. The van der Waals surface area contributed by atoms with Crippen LogP contribution in [0.5, 0.6) is 0 Å². The van der Waals surface area contributed by atoms with Crippen molar-refractivity contribution < 1.29 is 4.79 Å². The highest BCUT2D eigenvalue weighted by atomic mass is 16.1. The Morgan fingerprint density at radius 2 is 2.29 bits per heavy atom. The van der Waals surface area contributed by atoms with Crippen LogP contribution in [0.2, 0.25) is 0 Å². The molecule has 0 aromatic heterocycles. The molecule has 0 fully saturated rings. The minimum Gasteiger partial charge on any atom is -0.215 e. The Bertz CT molecular complexity index is 92.4. The third kappa shape index (κ3) is 2.04. The molecule has 0 radical (unpaired) electrons. The molecule has 0 aliphatic rings. The van der Waals surface area contributed by atoms with Crippen LogP contribution in [0.1, 0.15) is 13.3 Å². The number of allylic oxidation sites excluding steroid dienone is 1. The molecule has 0 aromatic rings. The van der Waals surface area contributed by atoms with Gasteiger partial charge in [-0.2, -0.15) is 0 Å². The van der Waals surface area contributed by atoms with Gasteiger partial charge in [-0.1, -0.05) is 0 Å². The number of ketones is 1. The van der Waals surface area contributed by atoms with E-state index in [0.29, 0.717) is 12.0 Å². The average molecular weight is 97.1 g/mol. The molecule has 0 aliphatic heterocycles. The number of carbonyl (C=O) groups excluding carboxylic acids is 1. The van der Waals surface area contributed by atoms with Gasteiger partial charge in [0, 0.05) is 13.5 Å². The van der Waals surface area contributed by atoms with Crippen LogP contribution in [0.4, 0.5) is 0 Å². The molecule has 0 spiro atoms. The molecule has 0 N–H and O–H groups in total. The molecule has 0 atom stereocenters. The summed E-state index contributed by atoms with van der Waals surface area (Å²) >= 11 is 0. The maximum atomic E-state index is 10.3. The summed E-state index contributed by atoms with van der Waals surface area (Å²) in [6, 6.07) is 0. The quantitative estimate of drug-likeness (QED) is 0.375. The minimum absolute atomic E-state index is 0.0417. The highest BCUT2D eigenvalue weighted by Crippen LogP contribution is 1.91. The first-order chi connectivity index (χ1) is 3.18. The van der Waals surface area contributed by atoms with Crippen LogP contribution in [0.15, 0.2) is 12.2 Å². The molecule has 0 aliphatic carbocycles. The Morgan fingerprint density at radius 1 is 1.86 bits per heavy atom. The van der Waals surface area contributed by atoms with Crippen LogP contribution >= 0.6 is 0 Å². The molecule has 0 saturated heterocycles. The van der Waals surface area contributed by atoms with Crippen molar-refractivity contribution in [3.63, 3.8) is 0 Å². The van der Waals surface area contributed by atoms with Gasteiger partial charge in [0.25, 0.3) is 5.78 Å². The van der Waals surface area contributed by atoms with Gasteiger partial charge in [-0.25, -0.2) is 4.79 Å². The fourth-order valence-electron chi connectivity index (χ4n) is 0.250. The first kappa shape index (κ1) is 6.28. The van der Waals surface area contributed by atoms with Gasteiger partial charge in [0.05, 0.1) is 6.42 Å². The Kier molecular flexibility index (Phi) is 2.20. The van der Waals surface area contributed by atoms with Crippen LogP contribution in [0.25, 0.3) is 0 Å². The molecule has 7 heavy (non-hydrogen) atoms. The summed E-state index contributed by atoms with van der Waals surface area (Å²) < 4.78 is 0. The second-order valence-electron chi connectivity index (χ2n) is 1.38. The smallest absolute Gasteiger partial charge is 0.215 e. The van der Waals surface area contributed by atoms with Crippen LogP contribution < -0.4 is 0 Å². The molecule has 0 heterocycles. The number of hydrogen-bond acceptors (Lipinski definition) is 1. The second kappa shape index (κ2) is 2.45. The zero-order valence-corrected chi connectivity index (χ0v) is 4.53. The van der Waals surface area contributed by atoms with Crippen molar-refractivity contribution in [3.8, 4) is 0 Å². The summed E-state index contributed by atoms with van der Waals surface area (Å²) in [5.74, 6) is 0.0417. The highest BCUT2D eigenvalue weighted by Gasteiger charge is 2.04. The van der Waals surface area contributed by atoms with Gasteiger partial charge >= 0.3 is 0 Å². The first-order valence-electron chi connectivity index (χ1n) is 2.22. The van der Waals surface area contributed by atoms with Crippen molar-refractivity contribution in [2.75, 3.05) is 0 Å². The van der Waals surface area contributed by atoms with Gasteiger partial charge in [-0.15, -0.1) is 0 Å². The summed E-state index contributed by atoms with van der Waals surface area (Å²) in [4.78, 5) is 10.3.